The van der Waals surface area contributed by atoms with E-state index in [2.05, 4.69) is 4.52 Å². The van der Waals surface area contributed by atoms with Gasteiger partial charge in [-0.05, 0) is 0 Å². The molecule has 0 radical (unpaired) electrons. The van der Waals surface area contributed by atoms with Crippen LogP contribution in [-0.4, -0.2) is 4.66 Å². The third kappa shape index (κ3) is 1.86. The molecule has 1 N–H and O–H groups in total. The van der Waals surface area contributed by atoms with E-state index in [1.807, 2.05) is 0 Å². The van der Waals surface area contributed by atoms with Gasteiger partial charge >= 0.3 is 64.0 Å². The summed E-state index contributed by atoms with van der Waals surface area (Å²) in [5, 5.41) is 0. The van der Waals surface area contributed by atoms with Gasteiger partial charge in [-0.15, -0.1) is 0 Å². The van der Waals surface area contributed by atoms with Crippen LogP contribution in [0.5, 0.6) is 0 Å². The Kier molecular flexibility index (Phi) is 2.63. The molecule has 1 aliphatic rings. The number of halogens is 5. The third-order valence-corrected chi connectivity index (χ3v) is 7.02. The van der Waals surface area contributed by atoms with Crippen molar-refractivity contribution in [2.45, 2.75) is 0 Å². The fraction of sp³-hybridized carbons (Fsp3) is 0. The maximum absolute atomic E-state index is 12.2. The summed E-state index contributed by atoms with van der Waals surface area (Å²) in [5.41, 5.74) is 0. The van der Waals surface area contributed by atoms with Gasteiger partial charge in [0.1, 0.15) is 0 Å². The van der Waals surface area contributed by atoms with Crippen molar-refractivity contribution in [2.24, 2.45) is 4.52 Å². The van der Waals surface area contributed by atoms with Gasteiger partial charge in [0, 0.05) is 0 Å². The molecule has 0 saturated carbocycles. The zero-order valence-corrected chi connectivity index (χ0v) is 8.03. The third-order valence-electron chi connectivity index (χ3n) is 0.911. The molecule has 0 spiro atoms. The molecule has 0 aromatic carbocycles. The second kappa shape index (κ2) is 3.00. The van der Waals surface area contributed by atoms with Gasteiger partial charge < -0.3 is 0 Å². The molecule has 0 amide bonds. The van der Waals surface area contributed by atoms with Crippen LogP contribution in [-0.2, 0) is 4.57 Å². The average molecular weight is 249 g/mol. The number of nitrogens with one attached hydrogen (secondary N) is 1. The quantitative estimate of drug-likeness (QED) is 0.406. The van der Waals surface area contributed by atoms with E-state index in [-0.39, 0.29) is 0 Å². The molecule has 1 rings (SSSR count). The van der Waals surface area contributed by atoms with Crippen molar-refractivity contribution in [2.75, 3.05) is 0 Å². The van der Waals surface area contributed by atoms with E-state index in [4.69, 9.17) is 0 Å². The van der Waals surface area contributed by atoms with Crippen molar-refractivity contribution >= 4 is 24.1 Å². The van der Waals surface area contributed by atoms with E-state index in [0.29, 0.717) is 0 Å². The summed E-state index contributed by atoms with van der Waals surface area (Å²) in [6.07, 6.45) is 0. The first-order valence-corrected chi connectivity index (χ1v) is 6.97. The first-order valence-electron chi connectivity index (χ1n) is 2.44. The van der Waals surface area contributed by atoms with Crippen molar-refractivity contribution in [1.29, 1.82) is 0 Å². The van der Waals surface area contributed by atoms with Crippen molar-refractivity contribution in [1.82, 2.24) is 9.52 Å². The molecule has 0 saturated heterocycles. The first kappa shape index (κ1) is 10.5. The molecule has 1 atom stereocenters. The molecule has 0 aromatic heterocycles. The predicted molar refractivity (Wildman–Crippen MR) is 37.2 cm³/mol. The number of nitrogens with zero attached hydrogens (tertiary/aromatic N) is 2. The van der Waals surface area contributed by atoms with Crippen LogP contribution in [0.15, 0.2) is 4.52 Å². The minimum atomic E-state index is -6.04. The van der Waals surface area contributed by atoms with Crippen LogP contribution >= 0.6 is 24.1 Å². The molecular weight excluding hydrogens is 246 g/mol. The van der Waals surface area contributed by atoms with Gasteiger partial charge in [-0.25, -0.2) is 0 Å². The molecule has 0 aliphatic carbocycles. The van der Waals surface area contributed by atoms with Crippen LogP contribution < -0.4 is 4.86 Å². The molecule has 4 nitrogen and oxygen atoms in total. The second-order valence-electron chi connectivity index (χ2n) is 1.79. The van der Waals surface area contributed by atoms with Crippen LogP contribution in [0.4, 0.5) is 21.3 Å². The van der Waals surface area contributed by atoms with Crippen LogP contribution in [0.2, 0.25) is 0 Å². The summed E-state index contributed by atoms with van der Waals surface area (Å²) in [4.78, 5) is 0.945. The molecule has 1 heterocycles. The van der Waals surface area contributed by atoms with Crippen LogP contribution in [0.3, 0.4) is 0 Å². The molecule has 1 unspecified atom stereocenters. The van der Waals surface area contributed by atoms with E-state index in [9.17, 15) is 25.8 Å². The molecule has 0 bridgehead atoms. The van der Waals surface area contributed by atoms with Gasteiger partial charge in [-0.2, -0.15) is 0 Å². The maximum atomic E-state index is 12.2. The number of rotatable bonds is 0. The number of hydrogen-bond acceptors (Lipinski definition) is 2. The summed E-state index contributed by atoms with van der Waals surface area (Å²) in [6.45, 7) is 0. The van der Waals surface area contributed by atoms with Crippen molar-refractivity contribution in [3.8, 4) is 0 Å². The normalized spacial score (nSPS) is 36.9. The summed E-state index contributed by atoms with van der Waals surface area (Å²) in [6, 6.07) is 0. The second-order valence-corrected chi connectivity index (χ2v) is 7.31. The summed E-state index contributed by atoms with van der Waals surface area (Å²) in [5.74, 6) is 0. The van der Waals surface area contributed by atoms with E-state index >= 15 is 0 Å². The van der Waals surface area contributed by atoms with Crippen molar-refractivity contribution in [3.05, 3.63) is 0 Å². The van der Waals surface area contributed by atoms with Gasteiger partial charge in [-0.1, -0.05) is 0 Å². The van der Waals surface area contributed by atoms with Crippen LogP contribution in [0.1, 0.15) is 0 Å². The van der Waals surface area contributed by atoms with Gasteiger partial charge in [0.25, 0.3) is 0 Å². The molecule has 12 heteroatoms. The molecular formula is H3F5N3OP3. The summed E-state index contributed by atoms with van der Waals surface area (Å²) < 4.78 is 71.4. The zero-order chi connectivity index (χ0) is 9.57. The Morgan fingerprint density at radius 1 is 1.50 bits per heavy atom. The molecule has 0 fully saturated rings. The van der Waals surface area contributed by atoms with Gasteiger partial charge in [0.15, 0.2) is 0 Å². The Balaban J connectivity index is 3.13. The summed E-state index contributed by atoms with van der Waals surface area (Å²) in [7, 11) is -15.5. The Bertz CT molecular complexity index is 269. The topological polar surface area (TPSA) is 44.7 Å². The van der Waals surface area contributed by atoms with E-state index in [1.165, 1.54) is 0 Å². The fourth-order valence-corrected chi connectivity index (χ4v) is 5.80. The Morgan fingerprint density at radius 3 is 2.42 bits per heavy atom. The molecule has 0 aromatic rings. The van der Waals surface area contributed by atoms with E-state index in [1.54, 1.807) is 0 Å². The summed E-state index contributed by atoms with van der Waals surface area (Å²) >= 11 is 0. The van der Waals surface area contributed by atoms with Crippen molar-refractivity contribution in [3.63, 3.8) is 0 Å². The standard InChI is InChI=1S/F5H3N3OP3/c1-8-11(2,3)6-10(9)7-12(8,4)5/h10-11H,(H,6,9). The molecule has 12 heavy (non-hydrogen) atoms. The fourth-order valence-electron chi connectivity index (χ4n) is 0.499. The van der Waals surface area contributed by atoms with Crippen LogP contribution in [0.25, 0.3) is 0 Å². The minimum absolute atomic E-state index is 0.945. The average Bonchev–Trinajstić information content (AvgIpc) is 1.80. The van der Waals surface area contributed by atoms with E-state index < -0.39 is 28.8 Å². The predicted octanol–water partition coefficient (Wildman–Crippen LogP) is 3.40. The monoisotopic (exact) mass is 249 g/mol. The van der Waals surface area contributed by atoms with Crippen molar-refractivity contribution < 1.29 is 25.8 Å². The Morgan fingerprint density at radius 2 is 2.00 bits per heavy atom. The van der Waals surface area contributed by atoms with Gasteiger partial charge in [-0.3, -0.25) is 0 Å². The SMILES string of the molecule is O=[PH]1N=P(F)(F)N(F)[PH](F)(F)N1. The van der Waals surface area contributed by atoms with Crippen LogP contribution in [0, 0.1) is 0 Å². The van der Waals surface area contributed by atoms with Gasteiger partial charge in [0.05, 0.1) is 0 Å². The Hall–Kier alpha value is 0.460. The first-order chi connectivity index (χ1) is 5.26. The van der Waals surface area contributed by atoms with Gasteiger partial charge in [0.2, 0.25) is 0 Å². The number of hydrogen-bond donors (Lipinski definition) is 1. The molecule has 1 aliphatic heterocycles. The molecule has 74 valence electrons. The Labute approximate surface area is 65.0 Å². The zero-order valence-electron chi connectivity index (χ0n) is 5.14. The van der Waals surface area contributed by atoms with E-state index in [0.717, 1.165) is 4.86 Å².